The van der Waals surface area contributed by atoms with Crippen LogP contribution in [0.2, 0.25) is 0 Å². The van der Waals surface area contributed by atoms with Gasteiger partial charge in [0.2, 0.25) is 10.2 Å². The molecule has 4 aromatic rings. The van der Waals surface area contributed by atoms with Crippen molar-refractivity contribution in [1.29, 1.82) is 0 Å². The zero-order valence-corrected chi connectivity index (χ0v) is 22.6. The van der Waals surface area contributed by atoms with Crippen molar-refractivity contribution in [1.82, 2.24) is 30.3 Å². The van der Waals surface area contributed by atoms with Gasteiger partial charge in [0.1, 0.15) is 29.6 Å². The number of nitrogens with two attached hydrogens (primary N) is 1. The Hall–Kier alpha value is -3.62. The second-order valence-electron chi connectivity index (χ2n) is 9.32. The van der Waals surface area contributed by atoms with E-state index in [-0.39, 0.29) is 22.8 Å². The summed E-state index contributed by atoms with van der Waals surface area (Å²) in [6, 6.07) is 10.9. The first kappa shape index (κ1) is 26.0. The van der Waals surface area contributed by atoms with Crippen molar-refractivity contribution >= 4 is 43.3 Å². The number of aromatic amines is 1. The molecule has 0 radical (unpaired) electrons. The molecule has 1 saturated heterocycles. The Morgan fingerprint density at radius 3 is 2.63 bits per heavy atom. The minimum Gasteiger partial charge on any atom is -0.487 e. The monoisotopic (exact) mass is 556 g/mol. The molecular formula is C24H28N8O4S2. The number of primary sulfonamides is 1. The van der Waals surface area contributed by atoms with Crippen LogP contribution in [0.3, 0.4) is 0 Å². The molecule has 3 aromatic heterocycles. The summed E-state index contributed by atoms with van der Waals surface area (Å²) >= 11 is 0.976. The number of hydrogen-bond acceptors (Lipinski definition) is 10. The number of aromatic nitrogens is 5. The van der Waals surface area contributed by atoms with Crippen LogP contribution in [-0.2, 0) is 21.4 Å². The van der Waals surface area contributed by atoms with Gasteiger partial charge in [0.25, 0.3) is 10.0 Å². The topological polar surface area (TPSA) is 160 Å². The third-order valence-corrected chi connectivity index (χ3v) is 8.74. The van der Waals surface area contributed by atoms with Crippen LogP contribution in [0, 0.1) is 5.92 Å². The van der Waals surface area contributed by atoms with E-state index in [9.17, 15) is 13.2 Å². The summed E-state index contributed by atoms with van der Waals surface area (Å²) in [5, 5.41) is 16.4. The fourth-order valence-electron chi connectivity index (χ4n) is 4.47. The quantitative estimate of drug-likeness (QED) is 0.331. The maximum absolute atomic E-state index is 13.6. The average molecular weight is 557 g/mol. The molecule has 0 bridgehead atoms. The number of amides is 1. The van der Waals surface area contributed by atoms with Crippen molar-refractivity contribution < 1.29 is 17.9 Å². The molecule has 5 rings (SSSR count). The SMILES string of the molecule is CC(C)[C@H](C(=O)N1CCN(c2ccccn2)CC1)c1n[nH]nc1COc1ccc2nc(S(N)(=O)=O)sc2c1. The molecule has 1 atom stereocenters. The number of rotatable bonds is 8. The molecule has 1 aromatic carbocycles. The Labute approximate surface area is 223 Å². The number of pyridine rings is 1. The molecule has 0 saturated carbocycles. The van der Waals surface area contributed by atoms with E-state index in [1.54, 1.807) is 24.4 Å². The van der Waals surface area contributed by atoms with Crippen molar-refractivity contribution in [2.45, 2.75) is 30.7 Å². The first-order chi connectivity index (χ1) is 18.2. The highest BCUT2D eigenvalue weighted by Gasteiger charge is 2.34. The predicted octanol–water partition coefficient (Wildman–Crippen LogP) is 2.12. The zero-order chi connectivity index (χ0) is 26.9. The molecule has 4 heterocycles. The van der Waals surface area contributed by atoms with Crippen LogP contribution in [0.4, 0.5) is 5.82 Å². The Morgan fingerprint density at radius 1 is 1.16 bits per heavy atom. The second kappa shape index (κ2) is 10.6. The van der Waals surface area contributed by atoms with Crippen LogP contribution in [0.1, 0.15) is 31.2 Å². The van der Waals surface area contributed by atoms with Crippen molar-refractivity contribution in [3.63, 3.8) is 0 Å². The summed E-state index contributed by atoms with van der Waals surface area (Å²) < 4.78 is 29.7. The molecule has 200 valence electrons. The molecule has 3 N–H and O–H groups in total. The van der Waals surface area contributed by atoms with Crippen molar-refractivity contribution in [3.8, 4) is 5.75 Å². The van der Waals surface area contributed by atoms with Gasteiger partial charge in [-0.05, 0) is 36.2 Å². The third kappa shape index (κ3) is 5.47. The zero-order valence-electron chi connectivity index (χ0n) is 20.9. The van der Waals surface area contributed by atoms with E-state index >= 15 is 0 Å². The van der Waals surface area contributed by atoms with E-state index < -0.39 is 15.9 Å². The number of fused-ring (bicyclic) bond motifs is 1. The van der Waals surface area contributed by atoms with E-state index in [2.05, 4.69) is 30.3 Å². The number of hydrogen-bond donors (Lipinski definition) is 2. The molecule has 1 aliphatic rings. The highest BCUT2D eigenvalue weighted by atomic mass is 32.2. The van der Waals surface area contributed by atoms with Crippen LogP contribution >= 0.6 is 11.3 Å². The van der Waals surface area contributed by atoms with Gasteiger partial charge in [0.15, 0.2) is 0 Å². The first-order valence-electron chi connectivity index (χ1n) is 12.1. The van der Waals surface area contributed by atoms with Gasteiger partial charge in [-0.15, -0.1) is 11.3 Å². The number of carbonyl (C=O) groups excluding carboxylic acids is 1. The maximum Gasteiger partial charge on any atom is 0.265 e. The largest absolute Gasteiger partial charge is 0.487 e. The summed E-state index contributed by atoms with van der Waals surface area (Å²) in [4.78, 5) is 26.2. The average Bonchev–Trinajstić information content (AvgIpc) is 3.55. The van der Waals surface area contributed by atoms with Gasteiger partial charge >= 0.3 is 0 Å². The lowest BCUT2D eigenvalue weighted by Gasteiger charge is -2.37. The molecule has 0 unspecified atom stereocenters. The number of thiazole rings is 1. The third-order valence-electron chi connectivity index (χ3n) is 6.40. The summed E-state index contributed by atoms with van der Waals surface area (Å²) in [6.45, 7) is 6.67. The summed E-state index contributed by atoms with van der Waals surface area (Å²) in [5.74, 6) is 0.945. The van der Waals surface area contributed by atoms with Gasteiger partial charge in [-0.2, -0.15) is 15.4 Å². The van der Waals surface area contributed by atoms with Gasteiger partial charge in [0.05, 0.1) is 16.1 Å². The normalized spacial score (nSPS) is 15.3. The van der Waals surface area contributed by atoms with Gasteiger partial charge in [-0.3, -0.25) is 4.79 Å². The van der Waals surface area contributed by atoms with Gasteiger partial charge in [-0.1, -0.05) is 19.9 Å². The van der Waals surface area contributed by atoms with Crippen LogP contribution < -0.4 is 14.8 Å². The molecule has 12 nitrogen and oxygen atoms in total. The number of carbonyl (C=O) groups is 1. The molecule has 1 amide bonds. The second-order valence-corrected chi connectivity index (χ2v) is 12.1. The maximum atomic E-state index is 13.6. The predicted molar refractivity (Wildman–Crippen MR) is 142 cm³/mol. The van der Waals surface area contributed by atoms with Crippen LogP contribution in [0.15, 0.2) is 46.9 Å². The van der Waals surface area contributed by atoms with E-state index in [1.165, 1.54) is 0 Å². The highest BCUT2D eigenvalue weighted by molar-refractivity contribution is 7.91. The fourth-order valence-corrected chi connectivity index (χ4v) is 6.16. The Kier molecular flexibility index (Phi) is 7.27. The molecular weight excluding hydrogens is 528 g/mol. The number of nitrogens with zero attached hydrogens (tertiary/aromatic N) is 6. The lowest BCUT2D eigenvalue weighted by molar-refractivity contribution is -0.134. The van der Waals surface area contributed by atoms with E-state index in [0.717, 1.165) is 17.2 Å². The number of benzene rings is 1. The molecule has 1 fully saturated rings. The first-order valence-corrected chi connectivity index (χ1v) is 14.5. The smallest absolute Gasteiger partial charge is 0.265 e. The van der Waals surface area contributed by atoms with Crippen LogP contribution in [-0.4, -0.2) is 70.8 Å². The summed E-state index contributed by atoms with van der Waals surface area (Å²) in [6.07, 6.45) is 1.77. The number of sulfonamides is 1. The van der Waals surface area contributed by atoms with E-state index in [0.29, 0.717) is 53.5 Å². The minimum absolute atomic E-state index is 0.00894. The number of piperazine rings is 1. The molecule has 0 aliphatic carbocycles. The van der Waals surface area contributed by atoms with E-state index in [4.69, 9.17) is 9.88 Å². The van der Waals surface area contributed by atoms with Crippen molar-refractivity contribution in [2.75, 3.05) is 31.1 Å². The van der Waals surface area contributed by atoms with Crippen molar-refractivity contribution in [2.24, 2.45) is 11.1 Å². The summed E-state index contributed by atoms with van der Waals surface area (Å²) in [5.41, 5.74) is 1.62. The standard InChI is InChI=1S/C24H28N8O4S2/c1-15(2)21(23(33)32-11-9-31(10-12-32)20-5-3-4-8-26-20)22-18(28-30-29-22)14-36-16-6-7-17-19(13-16)37-24(27-17)38(25,34)35/h3-8,13,15,21H,9-12,14H2,1-2H3,(H2,25,34,35)(H,28,29,30)/t21-/m0/s1. The minimum atomic E-state index is -3.88. The molecule has 14 heteroatoms. The Morgan fingerprint density at radius 2 is 1.95 bits per heavy atom. The van der Waals surface area contributed by atoms with Gasteiger partial charge < -0.3 is 14.5 Å². The van der Waals surface area contributed by atoms with Crippen LogP contribution in [0.25, 0.3) is 10.2 Å². The molecule has 1 aliphatic heterocycles. The molecule has 38 heavy (non-hydrogen) atoms. The summed E-state index contributed by atoms with van der Waals surface area (Å²) in [7, 11) is -3.88. The lowest BCUT2D eigenvalue weighted by Crippen LogP contribution is -2.50. The van der Waals surface area contributed by atoms with E-state index in [1.807, 2.05) is 36.9 Å². The number of nitrogens with one attached hydrogen (secondary N) is 1. The number of anilines is 1. The Balaban J connectivity index is 1.28. The lowest BCUT2D eigenvalue weighted by atomic mass is 9.89. The van der Waals surface area contributed by atoms with Crippen molar-refractivity contribution in [3.05, 3.63) is 54.0 Å². The number of ether oxygens (including phenoxy) is 1. The highest BCUT2D eigenvalue weighted by Crippen LogP contribution is 2.31. The fraction of sp³-hybridized carbons (Fsp3) is 0.375. The van der Waals surface area contributed by atoms with Gasteiger partial charge in [0, 0.05) is 32.4 Å². The Bertz CT molecular complexity index is 1530. The van der Waals surface area contributed by atoms with Gasteiger partial charge in [-0.25, -0.2) is 23.5 Å². The van der Waals surface area contributed by atoms with Crippen LogP contribution in [0.5, 0.6) is 5.75 Å². The molecule has 0 spiro atoms. The number of H-pyrrole nitrogens is 1.